The number of esters is 1. The number of hydrogen-bond acceptors (Lipinski definition) is 6. The van der Waals surface area contributed by atoms with Crippen LogP contribution in [0, 0.1) is 6.92 Å². The van der Waals surface area contributed by atoms with Crippen molar-refractivity contribution < 1.29 is 23.9 Å². The number of imide groups is 1. The van der Waals surface area contributed by atoms with Crippen molar-refractivity contribution in [1.82, 2.24) is 4.90 Å². The number of para-hydroxylation sites is 1. The topological polar surface area (TPSA) is 72.9 Å². The number of thioether (sulfide) groups is 1. The smallest absolute Gasteiger partial charge is 0.344 e. The first kappa shape index (κ1) is 24.3. The van der Waals surface area contributed by atoms with E-state index >= 15 is 0 Å². The molecule has 1 aliphatic heterocycles. The van der Waals surface area contributed by atoms with Crippen molar-refractivity contribution in [1.29, 1.82) is 0 Å². The Bertz CT molecular complexity index is 1540. The van der Waals surface area contributed by atoms with Gasteiger partial charge in [0, 0.05) is 5.56 Å². The number of rotatable bonds is 7. The van der Waals surface area contributed by atoms with Crippen LogP contribution in [0.2, 0.25) is 0 Å². The van der Waals surface area contributed by atoms with Crippen molar-refractivity contribution in [2.24, 2.45) is 0 Å². The van der Waals surface area contributed by atoms with Gasteiger partial charge in [0.05, 0.1) is 17.0 Å². The molecule has 4 aromatic rings. The van der Waals surface area contributed by atoms with Crippen LogP contribution in [-0.2, 0) is 4.79 Å². The molecular formula is C30H23NO5S. The Morgan fingerprint density at radius 1 is 0.919 bits per heavy atom. The number of carbonyl (C=O) groups is 3. The number of ether oxygens (including phenoxy) is 2. The van der Waals surface area contributed by atoms with Gasteiger partial charge in [0.2, 0.25) is 0 Å². The molecule has 0 aliphatic carbocycles. The van der Waals surface area contributed by atoms with Gasteiger partial charge in [0.15, 0.2) is 0 Å². The predicted molar refractivity (Wildman–Crippen MR) is 145 cm³/mol. The molecule has 1 fully saturated rings. The van der Waals surface area contributed by atoms with E-state index in [0.29, 0.717) is 22.6 Å². The third-order valence-electron chi connectivity index (χ3n) is 5.86. The first-order chi connectivity index (χ1) is 18.0. The lowest BCUT2D eigenvalue weighted by molar-refractivity contribution is -0.123. The highest BCUT2D eigenvalue weighted by atomic mass is 32.2. The van der Waals surface area contributed by atoms with Gasteiger partial charge in [-0.1, -0.05) is 66.7 Å². The molecule has 1 aliphatic rings. The zero-order valence-electron chi connectivity index (χ0n) is 20.0. The van der Waals surface area contributed by atoms with Crippen molar-refractivity contribution in [2.45, 2.75) is 6.92 Å². The molecule has 0 radical (unpaired) electrons. The average molecular weight is 510 g/mol. The third kappa shape index (κ3) is 5.42. The van der Waals surface area contributed by atoms with E-state index in [2.05, 4.69) is 0 Å². The molecule has 0 unspecified atom stereocenters. The van der Waals surface area contributed by atoms with Crippen LogP contribution in [0.25, 0.3) is 16.8 Å². The molecule has 7 heteroatoms. The minimum absolute atomic E-state index is 0.133. The Balaban J connectivity index is 1.31. The number of fused-ring (bicyclic) bond motifs is 1. The summed E-state index contributed by atoms with van der Waals surface area (Å²) in [4.78, 5) is 40.0. The fourth-order valence-corrected chi connectivity index (χ4v) is 4.90. The van der Waals surface area contributed by atoms with Gasteiger partial charge in [-0.2, -0.15) is 0 Å². The van der Waals surface area contributed by atoms with E-state index in [1.807, 2.05) is 67.6 Å². The lowest BCUT2D eigenvalue weighted by atomic mass is 10.0. The monoisotopic (exact) mass is 509 g/mol. The Labute approximate surface area is 218 Å². The van der Waals surface area contributed by atoms with Crippen molar-refractivity contribution in [3.05, 3.63) is 113 Å². The zero-order valence-corrected chi connectivity index (χ0v) is 20.9. The number of benzene rings is 4. The molecule has 4 aromatic carbocycles. The Kier molecular flexibility index (Phi) is 7.05. The van der Waals surface area contributed by atoms with Crippen LogP contribution in [0.1, 0.15) is 21.5 Å². The van der Waals surface area contributed by atoms with E-state index in [1.165, 1.54) is 0 Å². The van der Waals surface area contributed by atoms with Gasteiger partial charge in [-0.15, -0.1) is 0 Å². The van der Waals surface area contributed by atoms with Crippen LogP contribution in [-0.4, -0.2) is 35.2 Å². The van der Waals surface area contributed by atoms with Gasteiger partial charge >= 0.3 is 5.97 Å². The molecule has 0 spiro atoms. The molecular weight excluding hydrogens is 486 g/mol. The number of amides is 2. The van der Waals surface area contributed by atoms with E-state index in [4.69, 9.17) is 9.47 Å². The van der Waals surface area contributed by atoms with Gasteiger partial charge in [-0.25, -0.2) is 4.79 Å². The van der Waals surface area contributed by atoms with E-state index in [0.717, 1.165) is 33.0 Å². The lowest BCUT2D eigenvalue weighted by Gasteiger charge is -2.13. The summed E-state index contributed by atoms with van der Waals surface area (Å²) in [5.74, 6) is 0.0801. The SMILES string of the molecule is Cc1cccc(OCCN2C(=O)S/C(=C\c3ccccc3OC(=O)c3cccc4ccccc34)C2=O)c1. The fraction of sp³-hybridized carbons (Fsp3) is 0.100. The second kappa shape index (κ2) is 10.7. The van der Waals surface area contributed by atoms with Crippen LogP contribution in [0.15, 0.2) is 95.9 Å². The van der Waals surface area contributed by atoms with E-state index in [9.17, 15) is 14.4 Å². The van der Waals surface area contributed by atoms with Gasteiger partial charge in [0.1, 0.15) is 18.1 Å². The van der Waals surface area contributed by atoms with Gasteiger partial charge in [0.25, 0.3) is 11.1 Å². The number of aryl methyl sites for hydroxylation is 1. The van der Waals surface area contributed by atoms with E-state index in [-0.39, 0.29) is 23.3 Å². The molecule has 6 nitrogen and oxygen atoms in total. The molecule has 0 N–H and O–H groups in total. The maximum atomic E-state index is 13.1. The highest BCUT2D eigenvalue weighted by molar-refractivity contribution is 8.18. The molecule has 37 heavy (non-hydrogen) atoms. The zero-order chi connectivity index (χ0) is 25.8. The summed E-state index contributed by atoms with van der Waals surface area (Å²) in [6.07, 6.45) is 1.58. The lowest BCUT2D eigenvalue weighted by Crippen LogP contribution is -2.32. The maximum absolute atomic E-state index is 13.1. The summed E-state index contributed by atoms with van der Waals surface area (Å²) in [6.45, 7) is 2.28. The summed E-state index contributed by atoms with van der Waals surface area (Å²) in [5, 5.41) is 1.36. The molecule has 2 amide bonds. The fourth-order valence-electron chi connectivity index (χ4n) is 4.04. The molecule has 1 saturated heterocycles. The molecule has 0 bridgehead atoms. The summed E-state index contributed by atoms with van der Waals surface area (Å²) >= 11 is 0.854. The quantitative estimate of drug-likeness (QED) is 0.161. The second-order valence-electron chi connectivity index (χ2n) is 8.45. The molecule has 0 aromatic heterocycles. The standard InChI is InChI=1S/C30H23NO5S/c1-20-8-6-12-23(18-20)35-17-16-31-28(32)27(37-30(31)34)19-22-10-3-5-15-26(22)36-29(33)25-14-7-11-21-9-2-4-13-24(21)25/h2-15,18-19H,16-17H2,1H3/b27-19-. The van der Waals surface area contributed by atoms with Gasteiger partial charge in [-0.3, -0.25) is 14.5 Å². The van der Waals surface area contributed by atoms with Crippen LogP contribution >= 0.6 is 11.8 Å². The molecule has 5 rings (SSSR count). The highest BCUT2D eigenvalue weighted by Crippen LogP contribution is 2.34. The Morgan fingerprint density at radius 2 is 1.68 bits per heavy atom. The number of nitrogens with zero attached hydrogens (tertiary/aromatic N) is 1. The first-order valence-electron chi connectivity index (χ1n) is 11.7. The number of carbonyl (C=O) groups excluding carboxylic acids is 3. The Morgan fingerprint density at radius 3 is 2.54 bits per heavy atom. The van der Waals surface area contributed by atoms with E-state index in [1.54, 1.807) is 36.4 Å². The summed E-state index contributed by atoms with van der Waals surface area (Å²) in [7, 11) is 0. The largest absolute Gasteiger partial charge is 0.492 e. The second-order valence-corrected chi connectivity index (χ2v) is 9.45. The van der Waals surface area contributed by atoms with Crippen molar-refractivity contribution in [3.63, 3.8) is 0 Å². The van der Waals surface area contributed by atoms with Crippen LogP contribution in [0.5, 0.6) is 11.5 Å². The first-order valence-corrected chi connectivity index (χ1v) is 12.5. The van der Waals surface area contributed by atoms with Crippen molar-refractivity contribution >= 4 is 45.7 Å². The predicted octanol–water partition coefficient (Wildman–Crippen LogP) is 6.48. The van der Waals surface area contributed by atoms with Crippen LogP contribution in [0.4, 0.5) is 4.79 Å². The Hall–Kier alpha value is -4.36. The molecule has 1 heterocycles. The summed E-state index contributed by atoms with van der Waals surface area (Å²) in [6, 6.07) is 27.5. The maximum Gasteiger partial charge on any atom is 0.344 e. The summed E-state index contributed by atoms with van der Waals surface area (Å²) in [5.41, 5.74) is 2.03. The highest BCUT2D eigenvalue weighted by Gasteiger charge is 2.35. The van der Waals surface area contributed by atoms with Crippen molar-refractivity contribution in [3.8, 4) is 11.5 Å². The third-order valence-corrected chi connectivity index (χ3v) is 6.77. The van der Waals surface area contributed by atoms with E-state index < -0.39 is 11.9 Å². The van der Waals surface area contributed by atoms with Gasteiger partial charge in [-0.05, 0) is 65.4 Å². The summed E-state index contributed by atoms with van der Waals surface area (Å²) < 4.78 is 11.4. The van der Waals surface area contributed by atoms with Gasteiger partial charge < -0.3 is 9.47 Å². The van der Waals surface area contributed by atoms with Crippen LogP contribution < -0.4 is 9.47 Å². The van der Waals surface area contributed by atoms with Crippen molar-refractivity contribution in [2.75, 3.05) is 13.2 Å². The average Bonchev–Trinajstić information content (AvgIpc) is 3.17. The minimum atomic E-state index is -0.501. The van der Waals surface area contributed by atoms with Crippen LogP contribution in [0.3, 0.4) is 0 Å². The minimum Gasteiger partial charge on any atom is -0.492 e. The molecule has 184 valence electrons. The number of hydrogen-bond donors (Lipinski definition) is 0. The normalized spacial score (nSPS) is 14.4. The molecule has 0 atom stereocenters. The molecule has 0 saturated carbocycles.